The molecule has 7 heteroatoms. The summed E-state index contributed by atoms with van der Waals surface area (Å²) in [4.78, 5) is 14.6. The van der Waals surface area contributed by atoms with E-state index in [1.807, 2.05) is 29.7 Å². The number of rotatable bonds is 4. The third-order valence-corrected chi connectivity index (χ3v) is 7.27. The second-order valence-electron chi connectivity index (χ2n) is 6.10. The van der Waals surface area contributed by atoms with Gasteiger partial charge >= 0.3 is 0 Å². The molecular weight excluding hydrogens is 390 g/mol. The highest BCUT2D eigenvalue weighted by Gasteiger charge is 2.23. The Morgan fingerprint density at radius 2 is 2.04 bits per heavy atom. The van der Waals surface area contributed by atoms with E-state index in [1.54, 1.807) is 23.5 Å². The lowest BCUT2D eigenvalue weighted by Gasteiger charge is -2.22. The van der Waals surface area contributed by atoms with Gasteiger partial charge in [0.1, 0.15) is 9.86 Å². The van der Waals surface area contributed by atoms with Crippen LogP contribution in [0, 0.1) is 0 Å². The lowest BCUT2D eigenvalue weighted by molar-refractivity contribution is 0.318. The standard InChI is InChI=1S/C18H18ClN3S3/c1-22-8-7-13-14(9-22)25-17-15(13)16(20-18(21-17)23-2)24-10-11-3-5-12(19)6-4-11/h3-6H,7-10H2,1-2H3. The zero-order valence-electron chi connectivity index (χ0n) is 14.1. The van der Waals surface area contributed by atoms with Crippen LogP contribution >= 0.6 is 46.5 Å². The minimum Gasteiger partial charge on any atom is -0.301 e. The molecule has 1 aliphatic rings. The van der Waals surface area contributed by atoms with E-state index in [0.29, 0.717) is 0 Å². The van der Waals surface area contributed by atoms with Crippen LogP contribution in [0.15, 0.2) is 34.4 Å². The van der Waals surface area contributed by atoms with Gasteiger partial charge in [0.05, 0.1) is 0 Å². The molecular formula is C18H18ClN3S3. The van der Waals surface area contributed by atoms with Crippen molar-refractivity contribution in [3.05, 3.63) is 45.3 Å². The van der Waals surface area contributed by atoms with E-state index in [-0.39, 0.29) is 0 Å². The molecule has 0 bridgehead atoms. The quantitative estimate of drug-likeness (QED) is 0.330. The number of hydrogen-bond acceptors (Lipinski definition) is 6. The fraction of sp³-hybridized carbons (Fsp3) is 0.333. The molecule has 1 aromatic carbocycles. The van der Waals surface area contributed by atoms with Crippen molar-refractivity contribution in [3.63, 3.8) is 0 Å². The monoisotopic (exact) mass is 407 g/mol. The average Bonchev–Trinajstić information content (AvgIpc) is 2.98. The van der Waals surface area contributed by atoms with Gasteiger partial charge in [0.25, 0.3) is 0 Å². The normalized spacial score (nSPS) is 14.8. The SMILES string of the molecule is CSc1nc(SCc2ccc(Cl)cc2)c2c3c(sc2n1)CN(C)CC3. The Morgan fingerprint density at radius 3 is 2.80 bits per heavy atom. The van der Waals surface area contributed by atoms with Gasteiger partial charge in [0.15, 0.2) is 5.16 Å². The van der Waals surface area contributed by atoms with Gasteiger partial charge in [-0.15, -0.1) is 23.1 Å². The number of benzene rings is 1. The van der Waals surface area contributed by atoms with Gasteiger partial charge < -0.3 is 4.90 Å². The zero-order chi connectivity index (χ0) is 17.4. The van der Waals surface area contributed by atoms with Crippen LogP contribution < -0.4 is 0 Å². The predicted molar refractivity (Wildman–Crippen MR) is 110 cm³/mol. The summed E-state index contributed by atoms with van der Waals surface area (Å²) in [6, 6.07) is 8.06. The molecule has 0 saturated carbocycles. The second kappa shape index (κ2) is 7.45. The van der Waals surface area contributed by atoms with Crippen LogP contribution in [0.3, 0.4) is 0 Å². The van der Waals surface area contributed by atoms with E-state index >= 15 is 0 Å². The number of fused-ring (bicyclic) bond motifs is 3. The lowest BCUT2D eigenvalue weighted by Crippen LogP contribution is -2.25. The fourth-order valence-electron chi connectivity index (χ4n) is 3.00. The summed E-state index contributed by atoms with van der Waals surface area (Å²) in [7, 11) is 2.18. The van der Waals surface area contributed by atoms with Crippen LogP contribution in [-0.4, -0.2) is 34.7 Å². The van der Waals surface area contributed by atoms with Gasteiger partial charge in [-0.1, -0.05) is 35.5 Å². The highest BCUT2D eigenvalue weighted by molar-refractivity contribution is 7.99. The minimum atomic E-state index is 0.777. The largest absolute Gasteiger partial charge is 0.301 e. The first-order chi connectivity index (χ1) is 12.1. The molecule has 25 heavy (non-hydrogen) atoms. The number of thioether (sulfide) groups is 2. The number of nitrogens with zero attached hydrogens (tertiary/aromatic N) is 3. The molecule has 0 N–H and O–H groups in total. The molecule has 0 saturated heterocycles. The zero-order valence-corrected chi connectivity index (χ0v) is 17.3. The van der Waals surface area contributed by atoms with Crippen LogP contribution in [-0.2, 0) is 18.7 Å². The molecule has 130 valence electrons. The van der Waals surface area contributed by atoms with Crippen LogP contribution in [0.1, 0.15) is 16.0 Å². The summed E-state index contributed by atoms with van der Waals surface area (Å²) < 4.78 is 0. The Bertz CT molecular complexity index is 908. The molecule has 3 nitrogen and oxygen atoms in total. The molecule has 0 radical (unpaired) electrons. The van der Waals surface area contributed by atoms with E-state index in [4.69, 9.17) is 21.6 Å². The van der Waals surface area contributed by atoms with Crippen molar-refractivity contribution in [3.8, 4) is 0 Å². The smallest absolute Gasteiger partial charge is 0.189 e. The Kier molecular flexibility index (Phi) is 5.25. The lowest BCUT2D eigenvalue weighted by atomic mass is 10.1. The molecule has 4 rings (SSSR count). The van der Waals surface area contributed by atoms with Crippen molar-refractivity contribution in [1.82, 2.24) is 14.9 Å². The second-order valence-corrected chi connectivity index (χ2v) is 9.36. The molecule has 0 fully saturated rings. The van der Waals surface area contributed by atoms with Crippen molar-refractivity contribution in [1.29, 1.82) is 0 Å². The van der Waals surface area contributed by atoms with Crippen molar-refractivity contribution in [2.75, 3.05) is 19.8 Å². The maximum Gasteiger partial charge on any atom is 0.189 e. The maximum atomic E-state index is 5.99. The molecule has 3 heterocycles. The highest BCUT2D eigenvalue weighted by atomic mass is 35.5. The van der Waals surface area contributed by atoms with Gasteiger partial charge in [-0.25, -0.2) is 9.97 Å². The summed E-state index contributed by atoms with van der Waals surface area (Å²) in [5.74, 6) is 0.891. The van der Waals surface area contributed by atoms with Crippen molar-refractivity contribution >= 4 is 56.7 Å². The van der Waals surface area contributed by atoms with E-state index < -0.39 is 0 Å². The number of hydrogen-bond donors (Lipinski definition) is 0. The Labute approximate surface area is 165 Å². The van der Waals surface area contributed by atoms with E-state index in [2.05, 4.69) is 24.1 Å². The summed E-state index contributed by atoms with van der Waals surface area (Å²) >= 11 is 11.2. The van der Waals surface area contributed by atoms with E-state index in [9.17, 15) is 0 Å². The molecule has 3 aromatic rings. The van der Waals surface area contributed by atoms with Crippen molar-refractivity contribution in [2.45, 2.75) is 28.9 Å². The molecule has 0 amide bonds. The summed E-state index contributed by atoms with van der Waals surface area (Å²) in [6.45, 7) is 2.12. The maximum absolute atomic E-state index is 5.99. The van der Waals surface area contributed by atoms with Gasteiger partial charge in [-0.05, 0) is 43.0 Å². The molecule has 0 atom stereocenters. The first-order valence-corrected chi connectivity index (χ1v) is 11.5. The van der Waals surface area contributed by atoms with Gasteiger partial charge in [0.2, 0.25) is 0 Å². The predicted octanol–water partition coefficient (Wildman–Crippen LogP) is 5.35. The highest BCUT2D eigenvalue weighted by Crippen LogP contribution is 2.40. The molecule has 0 aliphatic carbocycles. The first-order valence-electron chi connectivity index (χ1n) is 8.06. The number of likely N-dealkylation sites (N-methyl/N-ethyl adjacent to an activating group) is 1. The van der Waals surface area contributed by atoms with Crippen LogP contribution in [0.25, 0.3) is 10.2 Å². The third kappa shape index (κ3) is 3.69. The van der Waals surface area contributed by atoms with Crippen LogP contribution in [0.2, 0.25) is 5.02 Å². The number of aromatic nitrogens is 2. The van der Waals surface area contributed by atoms with E-state index in [1.165, 1.54) is 21.4 Å². The third-order valence-electron chi connectivity index (χ3n) is 4.31. The Balaban J connectivity index is 1.72. The van der Waals surface area contributed by atoms with Gasteiger partial charge in [-0.2, -0.15) is 0 Å². The topological polar surface area (TPSA) is 29.0 Å². The summed E-state index contributed by atoms with van der Waals surface area (Å²) in [6.07, 6.45) is 3.12. The Hall–Kier alpha value is -0.790. The first kappa shape index (κ1) is 17.6. The van der Waals surface area contributed by atoms with Crippen LogP contribution in [0.5, 0.6) is 0 Å². The minimum absolute atomic E-state index is 0.777. The number of halogens is 1. The van der Waals surface area contributed by atoms with Crippen molar-refractivity contribution < 1.29 is 0 Å². The Morgan fingerprint density at radius 1 is 1.24 bits per heavy atom. The summed E-state index contributed by atoms with van der Waals surface area (Å²) in [5, 5.41) is 4.04. The fourth-order valence-corrected chi connectivity index (χ4v) is 5.98. The molecule has 0 unspecified atom stereocenters. The van der Waals surface area contributed by atoms with Crippen LogP contribution in [0.4, 0.5) is 0 Å². The van der Waals surface area contributed by atoms with E-state index in [0.717, 1.165) is 45.3 Å². The van der Waals surface area contributed by atoms with Crippen molar-refractivity contribution in [2.24, 2.45) is 0 Å². The average molecular weight is 408 g/mol. The van der Waals surface area contributed by atoms with Gasteiger partial charge in [-0.3, -0.25) is 0 Å². The number of thiophene rings is 1. The van der Waals surface area contributed by atoms with Gasteiger partial charge in [0, 0.05) is 34.1 Å². The molecule has 1 aliphatic heterocycles. The molecule has 0 spiro atoms. The molecule has 2 aromatic heterocycles. The summed E-state index contributed by atoms with van der Waals surface area (Å²) in [5.41, 5.74) is 2.72.